The van der Waals surface area contributed by atoms with Crippen molar-refractivity contribution in [2.45, 2.75) is 13.3 Å². The lowest BCUT2D eigenvalue weighted by atomic mass is 10.4. The number of pyridine rings is 1. The third-order valence-corrected chi connectivity index (χ3v) is 2.45. The van der Waals surface area contributed by atoms with Crippen LogP contribution < -0.4 is 10.6 Å². The first kappa shape index (κ1) is 14.4. The molecule has 8 heteroatoms. The standard InChI is InChI=1S/C10H13BrN4O3/c1-2-3-12-9(16)6-14-10-8(15(17)18)4-7(11)5-13-10/h4-5H,2-3,6H2,1H3,(H,12,16)(H,13,14). The average Bonchev–Trinajstić information content (AvgIpc) is 2.34. The Morgan fingerprint density at radius 2 is 2.33 bits per heavy atom. The van der Waals surface area contributed by atoms with Gasteiger partial charge in [0, 0.05) is 23.3 Å². The summed E-state index contributed by atoms with van der Waals surface area (Å²) in [4.78, 5) is 25.5. The fraction of sp³-hybridized carbons (Fsp3) is 0.400. The topological polar surface area (TPSA) is 97.2 Å². The summed E-state index contributed by atoms with van der Waals surface area (Å²) in [5.74, 6) is -0.147. The number of nitrogens with zero attached hydrogens (tertiary/aromatic N) is 2. The molecule has 0 aromatic carbocycles. The van der Waals surface area contributed by atoms with Crippen LogP contribution in [0.25, 0.3) is 0 Å². The van der Waals surface area contributed by atoms with Gasteiger partial charge in [-0.3, -0.25) is 14.9 Å². The van der Waals surface area contributed by atoms with Gasteiger partial charge in [0.15, 0.2) is 0 Å². The second kappa shape index (κ2) is 6.90. The van der Waals surface area contributed by atoms with Crippen LogP contribution in [0.1, 0.15) is 13.3 Å². The summed E-state index contributed by atoms with van der Waals surface area (Å²) in [6.07, 6.45) is 2.27. The van der Waals surface area contributed by atoms with Gasteiger partial charge in [0.05, 0.1) is 11.5 Å². The maximum absolute atomic E-state index is 11.3. The Morgan fingerprint density at radius 3 is 2.94 bits per heavy atom. The molecule has 1 amide bonds. The predicted molar refractivity (Wildman–Crippen MR) is 70.4 cm³/mol. The first-order valence-electron chi connectivity index (χ1n) is 5.35. The van der Waals surface area contributed by atoms with Gasteiger partial charge in [-0.15, -0.1) is 0 Å². The van der Waals surface area contributed by atoms with Gasteiger partial charge >= 0.3 is 5.69 Å². The molecule has 0 aliphatic carbocycles. The highest BCUT2D eigenvalue weighted by molar-refractivity contribution is 9.10. The van der Waals surface area contributed by atoms with Crippen LogP contribution in [0.2, 0.25) is 0 Å². The van der Waals surface area contributed by atoms with Crippen molar-refractivity contribution in [2.24, 2.45) is 0 Å². The fourth-order valence-corrected chi connectivity index (χ4v) is 1.51. The minimum atomic E-state index is -0.552. The normalized spacial score (nSPS) is 9.89. The summed E-state index contributed by atoms with van der Waals surface area (Å²) in [6, 6.07) is 1.33. The van der Waals surface area contributed by atoms with Gasteiger partial charge in [0.2, 0.25) is 11.7 Å². The van der Waals surface area contributed by atoms with Gasteiger partial charge in [0.25, 0.3) is 0 Å². The Morgan fingerprint density at radius 1 is 1.61 bits per heavy atom. The quantitative estimate of drug-likeness (QED) is 0.615. The summed E-state index contributed by atoms with van der Waals surface area (Å²) < 4.78 is 0.509. The van der Waals surface area contributed by atoms with Crippen LogP contribution in [0.3, 0.4) is 0 Å². The van der Waals surface area contributed by atoms with Crippen LogP contribution in [0, 0.1) is 10.1 Å². The highest BCUT2D eigenvalue weighted by atomic mass is 79.9. The van der Waals surface area contributed by atoms with Crippen molar-refractivity contribution in [3.8, 4) is 0 Å². The summed E-state index contributed by atoms with van der Waals surface area (Å²) in [5.41, 5.74) is -0.173. The molecule has 0 aliphatic heterocycles. The number of carbonyl (C=O) groups excluding carboxylic acids is 1. The van der Waals surface area contributed by atoms with E-state index in [9.17, 15) is 14.9 Å². The summed E-state index contributed by atoms with van der Waals surface area (Å²) in [6.45, 7) is 2.47. The Balaban J connectivity index is 2.67. The molecule has 0 bridgehead atoms. The summed E-state index contributed by atoms with van der Waals surface area (Å²) >= 11 is 3.10. The first-order valence-corrected chi connectivity index (χ1v) is 6.14. The van der Waals surface area contributed by atoms with Crippen LogP contribution in [-0.2, 0) is 4.79 Å². The van der Waals surface area contributed by atoms with E-state index in [0.717, 1.165) is 6.42 Å². The number of hydrogen-bond donors (Lipinski definition) is 2. The van der Waals surface area contributed by atoms with E-state index in [1.807, 2.05) is 6.92 Å². The number of amides is 1. The Labute approximate surface area is 112 Å². The van der Waals surface area contributed by atoms with Gasteiger partial charge in [-0.05, 0) is 22.4 Å². The van der Waals surface area contributed by atoms with Crippen LogP contribution in [-0.4, -0.2) is 28.9 Å². The van der Waals surface area contributed by atoms with Crippen molar-refractivity contribution in [2.75, 3.05) is 18.4 Å². The molecule has 0 aliphatic rings. The van der Waals surface area contributed by atoms with E-state index >= 15 is 0 Å². The zero-order chi connectivity index (χ0) is 13.5. The van der Waals surface area contributed by atoms with E-state index in [0.29, 0.717) is 11.0 Å². The van der Waals surface area contributed by atoms with Crippen molar-refractivity contribution in [1.82, 2.24) is 10.3 Å². The van der Waals surface area contributed by atoms with Crippen molar-refractivity contribution < 1.29 is 9.72 Å². The van der Waals surface area contributed by atoms with Gasteiger partial charge < -0.3 is 10.6 Å². The van der Waals surface area contributed by atoms with Crippen LogP contribution >= 0.6 is 15.9 Å². The SMILES string of the molecule is CCCNC(=O)CNc1ncc(Br)cc1[N+](=O)[O-]. The van der Waals surface area contributed by atoms with E-state index in [1.165, 1.54) is 12.3 Å². The smallest absolute Gasteiger partial charge is 0.312 e. The Hall–Kier alpha value is -1.70. The number of hydrogen-bond acceptors (Lipinski definition) is 5. The maximum atomic E-state index is 11.3. The molecule has 0 saturated heterocycles. The number of rotatable bonds is 6. The third kappa shape index (κ3) is 4.28. The number of nitrogens with one attached hydrogen (secondary N) is 2. The molecule has 0 saturated carbocycles. The number of anilines is 1. The van der Waals surface area contributed by atoms with Gasteiger partial charge in [0.1, 0.15) is 0 Å². The van der Waals surface area contributed by atoms with Gasteiger partial charge in [-0.2, -0.15) is 0 Å². The minimum Gasteiger partial charge on any atom is -0.355 e. The van der Waals surface area contributed by atoms with Crippen molar-refractivity contribution >= 4 is 33.3 Å². The second-order valence-corrected chi connectivity index (χ2v) is 4.40. The highest BCUT2D eigenvalue weighted by Gasteiger charge is 2.16. The molecule has 7 nitrogen and oxygen atoms in total. The fourth-order valence-electron chi connectivity index (χ4n) is 1.19. The summed E-state index contributed by atoms with van der Waals surface area (Å²) in [5, 5.41) is 16.1. The maximum Gasteiger partial charge on any atom is 0.312 e. The van der Waals surface area contributed by atoms with Gasteiger partial charge in [-0.25, -0.2) is 4.98 Å². The Bertz CT molecular complexity index is 453. The van der Waals surface area contributed by atoms with Crippen molar-refractivity contribution in [3.63, 3.8) is 0 Å². The molecule has 0 atom stereocenters. The molecule has 18 heavy (non-hydrogen) atoms. The molecule has 0 spiro atoms. The molecule has 98 valence electrons. The first-order chi connectivity index (χ1) is 8.54. The zero-order valence-corrected chi connectivity index (χ0v) is 11.4. The molecule has 0 unspecified atom stereocenters. The zero-order valence-electron chi connectivity index (χ0n) is 9.77. The van der Waals surface area contributed by atoms with E-state index < -0.39 is 4.92 Å². The number of aromatic nitrogens is 1. The van der Waals surface area contributed by atoms with E-state index in [4.69, 9.17) is 0 Å². The van der Waals surface area contributed by atoms with Gasteiger partial charge in [-0.1, -0.05) is 6.92 Å². The molecule has 1 aromatic heterocycles. The lowest BCUT2D eigenvalue weighted by Crippen LogP contribution is -2.30. The lowest BCUT2D eigenvalue weighted by molar-refractivity contribution is -0.384. The van der Waals surface area contributed by atoms with E-state index in [2.05, 4.69) is 31.5 Å². The predicted octanol–water partition coefficient (Wildman–Crippen LogP) is 1.69. The molecule has 1 heterocycles. The highest BCUT2D eigenvalue weighted by Crippen LogP contribution is 2.24. The largest absolute Gasteiger partial charge is 0.355 e. The molecule has 2 N–H and O–H groups in total. The number of carbonyl (C=O) groups is 1. The van der Waals surface area contributed by atoms with E-state index in [-0.39, 0.29) is 24.0 Å². The molecule has 1 aromatic rings. The van der Waals surface area contributed by atoms with Crippen LogP contribution in [0.15, 0.2) is 16.7 Å². The minimum absolute atomic E-state index is 0.0462. The molecular formula is C10H13BrN4O3. The van der Waals surface area contributed by atoms with Crippen LogP contribution in [0.4, 0.5) is 11.5 Å². The molecule has 0 fully saturated rings. The molecular weight excluding hydrogens is 304 g/mol. The monoisotopic (exact) mass is 316 g/mol. The van der Waals surface area contributed by atoms with Crippen molar-refractivity contribution in [1.29, 1.82) is 0 Å². The third-order valence-electron chi connectivity index (χ3n) is 2.02. The van der Waals surface area contributed by atoms with Crippen molar-refractivity contribution in [3.05, 3.63) is 26.9 Å². The summed E-state index contributed by atoms with van der Waals surface area (Å²) in [7, 11) is 0. The Kier molecular flexibility index (Phi) is 5.50. The molecule has 1 rings (SSSR count). The molecule has 0 radical (unpaired) electrons. The van der Waals surface area contributed by atoms with E-state index in [1.54, 1.807) is 0 Å². The second-order valence-electron chi connectivity index (χ2n) is 3.48. The number of nitro groups is 1. The number of halogens is 1. The lowest BCUT2D eigenvalue weighted by Gasteiger charge is -2.06. The van der Waals surface area contributed by atoms with Crippen LogP contribution in [0.5, 0.6) is 0 Å². The average molecular weight is 317 g/mol.